The second-order valence-corrected chi connectivity index (χ2v) is 12.8. The highest BCUT2D eigenvalue weighted by Gasteiger charge is 2.34. The average molecular weight is 665 g/mol. The Morgan fingerprint density at radius 2 is 1.61 bits per heavy atom. The first-order chi connectivity index (χ1) is 19.5. The van der Waals surface area contributed by atoms with Crippen molar-refractivity contribution in [3.8, 4) is 5.75 Å². The normalized spacial score (nSPS) is 12.1. The molecule has 0 aliphatic carbocycles. The van der Waals surface area contributed by atoms with Crippen molar-refractivity contribution in [3.63, 3.8) is 0 Å². The summed E-state index contributed by atoms with van der Waals surface area (Å²) in [5.41, 5.74) is 0.920. The number of rotatable bonds is 13. The smallest absolute Gasteiger partial charge is 0.264 e. The lowest BCUT2D eigenvalue weighted by atomic mass is 10.1. The standard InChI is InChI=1S/C30H35BrClN3O5S/c1-5-28(30(37)33-21(3)4)34(19-22-9-7-8-10-27(22)32)29(36)20-35(24-13-15-25(16-14-24)40-6-2)41(38,39)26-17-11-23(31)12-18-26/h7-18,21,28H,5-6,19-20H2,1-4H3,(H,33,37)/t28-/m0/s1. The van der Waals surface area contributed by atoms with Crippen molar-refractivity contribution in [1.29, 1.82) is 0 Å². The first kappa shape index (κ1) is 32.4. The lowest BCUT2D eigenvalue weighted by molar-refractivity contribution is -0.140. The van der Waals surface area contributed by atoms with E-state index in [1.807, 2.05) is 20.8 Å². The Hall–Kier alpha value is -3.08. The van der Waals surface area contributed by atoms with Crippen molar-refractivity contribution in [2.45, 2.75) is 57.6 Å². The van der Waals surface area contributed by atoms with Crippen LogP contribution in [0.15, 0.2) is 82.2 Å². The minimum Gasteiger partial charge on any atom is -0.494 e. The molecule has 0 aromatic heterocycles. The highest BCUT2D eigenvalue weighted by Crippen LogP contribution is 2.28. The number of carbonyl (C=O) groups excluding carboxylic acids is 2. The summed E-state index contributed by atoms with van der Waals surface area (Å²) in [4.78, 5) is 28.7. The van der Waals surface area contributed by atoms with Gasteiger partial charge in [-0.1, -0.05) is 52.7 Å². The molecule has 0 radical (unpaired) electrons. The molecule has 41 heavy (non-hydrogen) atoms. The van der Waals surface area contributed by atoms with Crippen LogP contribution in [-0.4, -0.2) is 50.4 Å². The van der Waals surface area contributed by atoms with E-state index in [9.17, 15) is 18.0 Å². The monoisotopic (exact) mass is 663 g/mol. The molecule has 1 atom stereocenters. The van der Waals surface area contributed by atoms with Crippen LogP contribution in [0.1, 0.15) is 39.7 Å². The van der Waals surface area contributed by atoms with Gasteiger partial charge in [-0.15, -0.1) is 0 Å². The van der Waals surface area contributed by atoms with Gasteiger partial charge in [0, 0.05) is 22.1 Å². The number of nitrogens with zero attached hydrogens (tertiary/aromatic N) is 2. The van der Waals surface area contributed by atoms with Gasteiger partial charge in [-0.25, -0.2) is 8.42 Å². The van der Waals surface area contributed by atoms with E-state index in [1.165, 1.54) is 17.0 Å². The zero-order valence-corrected chi connectivity index (χ0v) is 26.7. The van der Waals surface area contributed by atoms with Gasteiger partial charge in [0.25, 0.3) is 10.0 Å². The number of hydrogen-bond donors (Lipinski definition) is 1. The number of anilines is 1. The quantitative estimate of drug-likeness (QED) is 0.241. The molecule has 11 heteroatoms. The molecule has 220 valence electrons. The van der Waals surface area contributed by atoms with E-state index in [0.717, 1.165) is 4.31 Å². The summed E-state index contributed by atoms with van der Waals surface area (Å²) in [5, 5.41) is 3.32. The maximum atomic E-state index is 14.1. The van der Waals surface area contributed by atoms with Crippen molar-refractivity contribution < 1.29 is 22.7 Å². The van der Waals surface area contributed by atoms with Crippen LogP contribution >= 0.6 is 27.5 Å². The zero-order chi connectivity index (χ0) is 30.2. The second-order valence-electron chi connectivity index (χ2n) is 9.59. The van der Waals surface area contributed by atoms with Gasteiger partial charge >= 0.3 is 0 Å². The Balaban J connectivity index is 2.07. The fraction of sp³-hybridized carbons (Fsp3) is 0.333. The summed E-state index contributed by atoms with van der Waals surface area (Å²) in [6.45, 7) is 7.27. The van der Waals surface area contributed by atoms with E-state index < -0.39 is 28.5 Å². The molecular formula is C30H35BrClN3O5S. The van der Waals surface area contributed by atoms with E-state index in [-0.39, 0.29) is 29.1 Å². The van der Waals surface area contributed by atoms with Crippen molar-refractivity contribution in [2.24, 2.45) is 0 Å². The molecule has 8 nitrogen and oxygen atoms in total. The Labute approximate surface area is 255 Å². The van der Waals surface area contributed by atoms with Crippen LogP contribution in [0.4, 0.5) is 5.69 Å². The third kappa shape index (κ3) is 8.47. The van der Waals surface area contributed by atoms with Crippen LogP contribution in [0.25, 0.3) is 0 Å². The number of hydrogen-bond acceptors (Lipinski definition) is 5. The van der Waals surface area contributed by atoms with Gasteiger partial charge in [-0.3, -0.25) is 13.9 Å². The van der Waals surface area contributed by atoms with Gasteiger partial charge in [-0.2, -0.15) is 0 Å². The molecule has 0 bridgehead atoms. The Morgan fingerprint density at radius 1 is 0.976 bits per heavy atom. The molecule has 0 fully saturated rings. The summed E-state index contributed by atoms with van der Waals surface area (Å²) in [7, 11) is -4.18. The number of amides is 2. The fourth-order valence-corrected chi connectivity index (χ4v) is 6.12. The highest BCUT2D eigenvalue weighted by atomic mass is 79.9. The zero-order valence-electron chi connectivity index (χ0n) is 23.5. The Kier molecular flexibility index (Phi) is 11.6. The maximum Gasteiger partial charge on any atom is 0.264 e. The van der Waals surface area contributed by atoms with Crippen molar-refractivity contribution in [2.75, 3.05) is 17.5 Å². The van der Waals surface area contributed by atoms with E-state index in [2.05, 4.69) is 21.2 Å². The molecule has 0 saturated heterocycles. The SMILES string of the molecule is CCOc1ccc(N(CC(=O)N(Cc2ccccc2Cl)[C@@H](CC)C(=O)NC(C)C)S(=O)(=O)c2ccc(Br)cc2)cc1. The highest BCUT2D eigenvalue weighted by molar-refractivity contribution is 9.10. The predicted molar refractivity (Wildman–Crippen MR) is 166 cm³/mol. The van der Waals surface area contributed by atoms with Gasteiger partial charge in [-0.05, 0) is 87.4 Å². The summed E-state index contributed by atoms with van der Waals surface area (Å²) in [5.74, 6) is -0.308. The van der Waals surface area contributed by atoms with Crippen LogP contribution in [0.2, 0.25) is 5.02 Å². The molecule has 0 aliphatic rings. The van der Waals surface area contributed by atoms with Gasteiger partial charge in [0.15, 0.2) is 0 Å². The topological polar surface area (TPSA) is 96.0 Å². The number of sulfonamides is 1. The van der Waals surface area contributed by atoms with Crippen molar-refractivity contribution >= 4 is 55.1 Å². The van der Waals surface area contributed by atoms with Gasteiger partial charge < -0.3 is 15.0 Å². The predicted octanol–water partition coefficient (Wildman–Crippen LogP) is 6.03. The number of ether oxygens (including phenoxy) is 1. The van der Waals surface area contributed by atoms with E-state index in [4.69, 9.17) is 16.3 Å². The molecule has 0 saturated carbocycles. The summed E-state index contributed by atoms with van der Waals surface area (Å²) < 4.78 is 35.2. The number of nitrogens with one attached hydrogen (secondary N) is 1. The lowest BCUT2D eigenvalue weighted by Gasteiger charge is -2.33. The maximum absolute atomic E-state index is 14.1. The van der Waals surface area contributed by atoms with Gasteiger partial charge in [0.2, 0.25) is 11.8 Å². The first-order valence-corrected chi connectivity index (χ1v) is 15.9. The van der Waals surface area contributed by atoms with Crippen LogP contribution in [0.5, 0.6) is 5.75 Å². The van der Waals surface area contributed by atoms with Crippen LogP contribution < -0.4 is 14.4 Å². The minimum absolute atomic E-state index is 0.0182. The van der Waals surface area contributed by atoms with Crippen LogP contribution in [0, 0.1) is 0 Å². The van der Waals surface area contributed by atoms with E-state index in [0.29, 0.717) is 33.8 Å². The molecular weight excluding hydrogens is 630 g/mol. The number of carbonyl (C=O) groups is 2. The second kappa shape index (κ2) is 14.7. The van der Waals surface area contributed by atoms with Gasteiger partial charge in [0.1, 0.15) is 18.3 Å². The summed E-state index contributed by atoms with van der Waals surface area (Å²) in [6, 6.07) is 18.7. The fourth-order valence-electron chi connectivity index (χ4n) is 4.25. The lowest BCUT2D eigenvalue weighted by Crippen LogP contribution is -2.53. The number of benzene rings is 3. The molecule has 3 rings (SSSR count). The Bertz CT molecular complexity index is 1430. The average Bonchev–Trinajstić information content (AvgIpc) is 2.93. The third-order valence-electron chi connectivity index (χ3n) is 6.23. The van der Waals surface area contributed by atoms with Crippen molar-refractivity contribution in [3.05, 3.63) is 87.9 Å². The molecule has 2 amide bonds. The molecule has 3 aromatic rings. The first-order valence-electron chi connectivity index (χ1n) is 13.3. The molecule has 1 N–H and O–H groups in total. The largest absolute Gasteiger partial charge is 0.494 e. The molecule has 0 aliphatic heterocycles. The van der Waals surface area contributed by atoms with Crippen LogP contribution in [-0.2, 0) is 26.2 Å². The Morgan fingerprint density at radius 3 is 2.17 bits per heavy atom. The number of halogens is 2. The molecule has 0 unspecified atom stereocenters. The van der Waals surface area contributed by atoms with Crippen LogP contribution in [0.3, 0.4) is 0 Å². The van der Waals surface area contributed by atoms with E-state index in [1.54, 1.807) is 67.6 Å². The summed E-state index contributed by atoms with van der Waals surface area (Å²) in [6.07, 6.45) is 0.317. The minimum atomic E-state index is -4.18. The van der Waals surface area contributed by atoms with Crippen molar-refractivity contribution in [1.82, 2.24) is 10.2 Å². The molecule has 0 heterocycles. The molecule has 0 spiro atoms. The summed E-state index contributed by atoms with van der Waals surface area (Å²) >= 11 is 9.77. The molecule has 3 aromatic carbocycles. The van der Waals surface area contributed by atoms with Gasteiger partial charge in [0.05, 0.1) is 17.2 Å². The third-order valence-corrected chi connectivity index (χ3v) is 8.92. The van der Waals surface area contributed by atoms with E-state index >= 15 is 0 Å².